The van der Waals surface area contributed by atoms with Crippen LogP contribution < -0.4 is 16.8 Å². The number of hydrogen-bond donors (Lipinski definition) is 3. The zero-order chi connectivity index (χ0) is 11.8. The van der Waals surface area contributed by atoms with Gasteiger partial charge in [0.25, 0.3) is 0 Å². The first-order valence-corrected chi connectivity index (χ1v) is 6.77. The van der Waals surface area contributed by atoms with E-state index in [2.05, 4.69) is 10.3 Å². The lowest BCUT2D eigenvalue weighted by Gasteiger charge is -2.12. The molecule has 88 valence electrons. The van der Waals surface area contributed by atoms with Gasteiger partial charge in [0.05, 0.1) is 17.2 Å². The Kier molecular flexibility index (Phi) is 2.63. The number of rotatable bonds is 2. The number of nitrogen functional groups attached to an aromatic ring is 2. The van der Waals surface area contributed by atoms with Crippen LogP contribution in [0, 0.1) is 0 Å². The number of anilines is 3. The topological polar surface area (TPSA) is 111 Å². The second-order valence-electron chi connectivity index (χ2n) is 3.92. The number of nitrogens with two attached hydrogens (primary N) is 2. The molecule has 0 amide bonds. The summed E-state index contributed by atoms with van der Waals surface area (Å²) in [6.45, 7) is 0. The van der Waals surface area contributed by atoms with Gasteiger partial charge in [-0.1, -0.05) is 0 Å². The minimum absolute atomic E-state index is 0.0828. The molecule has 5 N–H and O–H groups in total. The Morgan fingerprint density at radius 3 is 2.69 bits per heavy atom. The van der Waals surface area contributed by atoms with Crippen molar-refractivity contribution in [3.05, 3.63) is 12.1 Å². The molecule has 16 heavy (non-hydrogen) atoms. The Balaban J connectivity index is 2.08. The zero-order valence-corrected chi connectivity index (χ0v) is 9.50. The summed E-state index contributed by atoms with van der Waals surface area (Å²) in [7, 11) is -2.88. The normalized spacial score (nSPS) is 23.1. The number of nitrogens with one attached hydrogen (secondary N) is 1. The Bertz CT molecular complexity index is 500. The quantitative estimate of drug-likeness (QED) is 0.664. The Morgan fingerprint density at radius 2 is 2.12 bits per heavy atom. The summed E-state index contributed by atoms with van der Waals surface area (Å²) in [5.41, 5.74) is 11.5. The molecule has 1 atom stereocenters. The molecule has 0 saturated carbocycles. The van der Waals surface area contributed by atoms with Crippen LogP contribution in [0.4, 0.5) is 17.3 Å². The molecule has 0 bridgehead atoms. The third kappa shape index (κ3) is 2.35. The predicted octanol–water partition coefficient (Wildman–Crippen LogP) is -0.155. The smallest absolute Gasteiger partial charge is 0.152 e. The number of hydrogen-bond acceptors (Lipinski definition) is 6. The van der Waals surface area contributed by atoms with Crippen LogP contribution in [0.5, 0.6) is 0 Å². The van der Waals surface area contributed by atoms with Crippen molar-refractivity contribution in [1.29, 1.82) is 0 Å². The summed E-state index contributed by atoms with van der Waals surface area (Å²) in [4.78, 5) is 4.03. The highest BCUT2D eigenvalue weighted by atomic mass is 32.2. The largest absolute Gasteiger partial charge is 0.396 e. The van der Waals surface area contributed by atoms with Gasteiger partial charge in [0.2, 0.25) is 0 Å². The van der Waals surface area contributed by atoms with Crippen molar-refractivity contribution in [1.82, 2.24) is 4.98 Å². The van der Waals surface area contributed by atoms with Gasteiger partial charge in [0.15, 0.2) is 9.84 Å². The lowest BCUT2D eigenvalue weighted by Crippen LogP contribution is -2.21. The molecule has 1 aliphatic rings. The number of sulfone groups is 1. The summed E-state index contributed by atoms with van der Waals surface area (Å²) < 4.78 is 22.5. The Hall–Kier alpha value is -1.50. The van der Waals surface area contributed by atoms with Gasteiger partial charge in [-0.05, 0) is 18.6 Å². The molecule has 0 aromatic carbocycles. The van der Waals surface area contributed by atoms with Crippen LogP contribution >= 0.6 is 0 Å². The first-order valence-electron chi connectivity index (χ1n) is 4.95. The van der Waals surface area contributed by atoms with E-state index in [1.807, 2.05) is 0 Å². The molecule has 7 heteroatoms. The van der Waals surface area contributed by atoms with Crippen LogP contribution in [0.1, 0.15) is 6.42 Å². The van der Waals surface area contributed by atoms with E-state index < -0.39 is 9.84 Å². The highest BCUT2D eigenvalue weighted by Gasteiger charge is 2.27. The number of pyridine rings is 1. The fourth-order valence-corrected chi connectivity index (χ4v) is 3.36. The average Bonchev–Trinajstić information content (AvgIpc) is 2.52. The highest BCUT2D eigenvalue weighted by Crippen LogP contribution is 2.19. The van der Waals surface area contributed by atoms with Crippen molar-refractivity contribution in [2.45, 2.75) is 12.5 Å². The molecule has 0 spiro atoms. The molecular weight excluding hydrogens is 228 g/mol. The van der Waals surface area contributed by atoms with Gasteiger partial charge in [-0.15, -0.1) is 0 Å². The monoisotopic (exact) mass is 242 g/mol. The fraction of sp³-hybridized carbons (Fsp3) is 0.444. The molecule has 1 aromatic rings. The molecule has 1 unspecified atom stereocenters. The van der Waals surface area contributed by atoms with Gasteiger partial charge in [-0.3, -0.25) is 0 Å². The fourth-order valence-electron chi connectivity index (χ4n) is 1.68. The van der Waals surface area contributed by atoms with Crippen molar-refractivity contribution in [3.63, 3.8) is 0 Å². The van der Waals surface area contributed by atoms with E-state index in [0.717, 1.165) is 0 Å². The molecule has 2 rings (SSSR count). The lowest BCUT2D eigenvalue weighted by molar-refractivity contribution is 0.602. The van der Waals surface area contributed by atoms with Crippen LogP contribution in [0.25, 0.3) is 0 Å². The van der Waals surface area contributed by atoms with E-state index >= 15 is 0 Å². The maximum absolute atomic E-state index is 11.2. The minimum atomic E-state index is -2.88. The van der Waals surface area contributed by atoms with E-state index in [9.17, 15) is 8.42 Å². The molecule has 6 nitrogen and oxygen atoms in total. The molecule has 1 aliphatic heterocycles. The average molecular weight is 242 g/mol. The van der Waals surface area contributed by atoms with Gasteiger partial charge >= 0.3 is 0 Å². The van der Waals surface area contributed by atoms with Gasteiger partial charge in [0.1, 0.15) is 11.6 Å². The van der Waals surface area contributed by atoms with Crippen molar-refractivity contribution in [2.75, 3.05) is 28.3 Å². The predicted molar refractivity (Wildman–Crippen MR) is 63.7 cm³/mol. The van der Waals surface area contributed by atoms with Crippen molar-refractivity contribution in [2.24, 2.45) is 0 Å². The summed E-state index contributed by atoms with van der Waals surface area (Å²) in [5, 5.41) is 3.04. The summed E-state index contributed by atoms with van der Waals surface area (Å²) in [6, 6.07) is 3.26. The zero-order valence-electron chi connectivity index (χ0n) is 8.68. The first-order chi connectivity index (χ1) is 7.46. The second-order valence-corrected chi connectivity index (χ2v) is 6.14. The van der Waals surface area contributed by atoms with Crippen molar-refractivity contribution >= 4 is 27.2 Å². The highest BCUT2D eigenvalue weighted by molar-refractivity contribution is 7.91. The van der Waals surface area contributed by atoms with Crippen molar-refractivity contribution in [3.8, 4) is 0 Å². The van der Waals surface area contributed by atoms with Crippen LogP contribution in [0.2, 0.25) is 0 Å². The van der Waals surface area contributed by atoms with Gasteiger partial charge in [0, 0.05) is 6.04 Å². The van der Waals surface area contributed by atoms with Crippen LogP contribution in [0.3, 0.4) is 0 Å². The van der Waals surface area contributed by atoms with Gasteiger partial charge < -0.3 is 16.8 Å². The second kappa shape index (κ2) is 3.82. The maximum atomic E-state index is 11.2. The summed E-state index contributed by atoms with van der Waals surface area (Å²) >= 11 is 0. The molecular formula is C9H14N4O2S. The third-order valence-electron chi connectivity index (χ3n) is 2.54. The van der Waals surface area contributed by atoms with Gasteiger partial charge in [-0.2, -0.15) is 0 Å². The minimum Gasteiger partial charge on any atom is -0.396 e. The van der Waals surface area contributed by atoms with Crippen molar-refractivity contribution < 1.29 is 8.42 Å². The molecule has 0 aliphatic carbocycles. The Labute approximate surface area is 94.0 Å². The van der Waals surface area contributed by atoms with Crippen LogP contribution in [-0.4, -0.2) is 30.9 Å². The summed E-state index contributed by atoms with van der Waals surface area (Å²) in [6.07, 6.45) is 0.605. The van der Waals surface area contributed by atoms with E-state index in [4.69, 9.17) is 11.5 Å². The van der Waals surface area contributed by atoms with E-state index in [1.165, 1.54) is 0 Å². The molecule has 1 aromatic heterocycles. The number of nitrogens with zero attached hydrogens (tertiary/aromatic N) is 1. The SMILES string of the molecule is Nc1ccc(NC2CCS(=O)(=O)C2)nc1N. The molecule has 1 fully saturated rings. The maximum Gasteiger partial charge on any atom is 0.152 e. The molecule has 0 radical (unpaired) electrons. The molecule has 1 saturated heterocycles. The van der Waals surface area contributed by atoms with Crippen LogP contribution in [0.15, 0.2) is 12.1 Å². The van der Waals surface area contributed by atoms with E-state index in [0.29, 0.717) is 17.9 Å². The lowest BCUT2D eigenvalue weighted by atomic mass is 10.2. The summed E-state index contributed by atoms with van der Waals surface area (Å²) in [5.74, 6) is 1.20. The van der Waals surface area contributed by atoms with Gasteiger partial charge in [-0.25, -0.2) is 13.4 Å². The Morgan fingerprint density at radius 1 is 1.38 bits per heavy atom. The van der Waals surface area contributed by atoms with E-state index in [1.54, 1.807) is 12.1 Å². The number of aromatic nitrogens is 1. The standard InChI is InChI=1S/C9H14N4O2S/c10-7-1-2-8(13-9(7)11)12-6-3-4-16(14,15)5-6/h1-2,6H,3-5,10H2,(H3,11,12,13). The van der Waals surface area contributed by atoms with E-state index in [-0.39, 0.29) is 23.4 Å². The third-order valence-corrected chi connectivity index (χ3v) is 4.31. The molecule has 2 heterocycles. The first kappa shape index (κ1) is 11.0. The van der Waals surface area contributed by atoms with Crippen LogP contribution in [-0.2, 0) is 9.84 Å².